The maximum absolute atomic E-state index is 13.5. The molecule has 0 spiro atoms. The van der Waals surface area contributed by atoms with Crippen LogP contribution >= 0.6 is 11.3 Å². The molecule has 0 unspecified atom stereocenters. The second kappa shape index (κ2) is 11.9. The predicted molar refractivity (Wildman–Crippen MR) is 160 cm³/mol. The lowest BCUT2D eigenvalue weighted by Gasteiger charge is -2.33. The number of anilines is 1. The van der Waals surface area contributed by atoms with Crippen LogP contribution in [0.5, 0.6) is 11.5 Å². The fourth-order valence-corrected chi connectivity index (χ4v) is 6.99. The number of hydrogen-bond donors (Lipinski definition) is 2. The zero-order chi connectivity index (χ0) is 30.0. The van der Waals surface area contributed by atoms with Gasteiger partial charge in [-0.1, -0.05) is 12.1 Å². The fraction of sp³-hybridized carbons (Fsp3) is 0.233. The average molecular weight is 607 g/mol. The summed E-state index contributed by atoms with van der Waals surface area (Å²) >= 11 is 1.51. The number of phenols is 2. The zero-order valence-electron chi connectivity index (χ0n) is 23.1. The van der Waals surface area contributed by atoms with E-state index >= 15 is 0 Å². The van der Waals surface area contributed by atoms with Gasteiger partial charge in [-0.15, -0.1) is 0 Å². The van der Waals surface area contributed by atoms with Crippen molar-refractivity contribution in [2.75, 3.05) is 31.1 Å². The first kappa shape index (κ1) is 29.2. The zero-order valence-corrected chi connectivity index (χ0v) is 24.7. The molecule has 1 saturated heterocycles. The molecular formula is C30H30N4O6S2. The third-order valence-electron chi connectivity index (χ3n) is 7.20. The molecule has 2 N–H and O–H groups in total. The summed E-state index contributed by atoms with van der Waals surface area (Å²) in [6.07, 6.45) is 1.35. The van der Waals surface area contributed by atoms with Gasteiger partial charge in [0.15, 0.2) is 0 Å². The van der Waals surface area contributed by atoms with Crippen LogP contribution in [0.2, 0.25) is 0 Å². The second-order valence-corrected chi connectivity index (χ2v) is 12.7. The SMILES string of the molecule is CC(=O)N1CCN(S(=O)(=O)c2cnc(-c3ccc(N(Cc4ccsc4)C(=O)c4ccc(O)cc4O)cc3)c(C)c2)CC1. The monoisotopic (exact) mass is 606 g/mol. The predicted octanol–water partition coefficient (Wildman–Crippen LogP) is 4.23. The lowest BCUT2D eigenvalue weighted by atomic mass is 10.1. The first-order valence-corrected chi connectivity index (χ1v) is 15.6. The molecule has 3 heterocycles. The van der Waals surface area contributed by atoms with E-state index in [-0.39, 0.29) is 47.5 Å². The molecule has 4 aromatic rings. The number of carbonyl (C=O) groups is 2. The highest BCUT2D eigenvalue weighted by Crippen LogP contribution is 2.31. The maximum Gasteiger partial charge on any atom is 0.262 e. The highest BCUT2D eigenvalue weighted by atomic mass is 32.2. The Bertz CT molecular complexity index is 1720. The van der Waals surface area contributed by atoms with Gasteiger partial charge in [0.2, 0.25) is 15.9 Å². The summed E-state index contributed by atoms with van der Waals surface area (Å²) in [5, 5.41) is 23.9. The van der Waals surface area contributed by atoms with Crippen molar-refractivity contribution in [1.82, 2.24) is 14.2 Å². The van der Waals surface area contributed by atoms with E-state index in [9.17, 15) is 28.2 Å². The summed E-state index contributed by atoms with van der Waals surface area (Å²) in [6.45, 7) is 4.70. The number of aromatic nitrogens is 1. The Morgan fingerprint density at radius 2 is 1.71 bits per heavy atom. The summed E-state index contributed by atoms with van der Waals surface area (Å²) in [4.78, 5) is 32.9. The van der Waals surface area contributed by atoms with Crippen LogP contribution in [0.25, 0.3) is 11.3 Å². The molecule has 5 rings (SSSR count). The topological polar surface area (TPSA) is 131 Å². The minimum absolute atomic E-state index is 0.0594. The molecule has 0 saturated carbocycles. The van der Waals surface area contributed by atoms with Crippen LogP contribution in [0, 0.1) is 6.92 Å². The van der Waals surface area contributed by atoms with Gasteiger partial charge in [-0.25, -0.2) is 8.42 Å². The van der Waals surface area contributed by atoms with Gasteiger partial charge >= 0.3 is 0 Å². The number of benzene rings is 2. The largest absolute Gasteiger partial charge is 0.508 e. The third kappa shape index (κ3) is 6.01. The van der Waals surface area contributed by atoms with Crippen molar-refractivity contribution in [2.24, 2.45) is 0 Å². The van der Waals surface area contributed by atoms with E-state index < -0.39 is 15.9 Å². The van der Waals surface area contributed by atoms with Gasteiger partial charge in [0.1, 0.15) is 16.4 Å². The number of thiophene rings is 1. The number of carbonyl (C=O) groups excluding carboxylic acids is 2. The van der Waals surface area contributed by atoms with Crippen LogP contribution in [0.3, 0.4) is 0 Å². The van der Waals surface area contributed by atoms with Gasteiger partial charge in [0, 0.05) is 56.6 Å². The fourth-order valence-electron chi connectivity index (χ4n) is 4.88. The number of aromatic hydroxyl groups is 2. The van der Waals surface area contributed by atoms with E-state index in [1.165, 1.54) is 40.9 Å². The van der Waals surface area contributed by atoms with Crippen LogP contribution in [-0.4, -0.2) is 70.8 Å². The molecule has 2 amide bonds. The number of nitrogens with zero attached hydrogens (tertiary/aromatic N) is 4. The van der Waals surface area contributed by atoms with Gasteiger partial charge in [0.05, 0.1) is 17.8 Å². The first-order valence-electron chi connectivity index (χ1n) is 13.2. The Morgan fingerprint density at radius 1 is 1.00 bits per heavy atom. The molecule has 0 aliphatic carbocycles. The van der Waals surface area contributed by atoms with E-state index in [0.29, 0.717) is 30.0 Å². The Hall–Kier alpha value is -4.26. The number of sulfonamides is 1. The number of pyridine rings is 1. The smallest absolute Gasteiger partial charge is 0.262 e. The summed E-state index contributed by atoms with van der Waals surface area (Å²) in [5.41, 5.74) is 3.59. The second-order valence-electron chi connectivity index (χ2n) is 10.0. The van der Waals surface area contributed by atoms with Gasteiger partial charge in [0.25, 0.3) is 5.91 Å². The van der Waals surface area contributed by atoms with Crippen molar-refractivity contribution in [3.8, 4) is 22.8 Å². The molecule has 0 radical (unpaired) electrons. The standard InChI is InChI=1S/C30H30N4O6S2/c1-20-15-26(42(39,40)33-12-10-32(11-13-33)21(2)35)17-31-29(20)23-3-5-24(6-4-23)34(18-22-9-14-41-19-22)30(38)27-8-7-25(36)16-28(27)37/h3-9,14-17,19,36-37H,10-13,18H2,1-2H3. The maximum atomic E-state index is 13.5. The number of hydrogen-bond acceptors (Lipinski definition) is 8. The van der Waals surface area contributed by atoms with Crippen molar-refractivity contribution in [3.05, 3.63) is 88.2 Å². The molecular weight excluding hydrogens is 576 g/mol. The van der Waals surface area contributed by atoms with E-state index in [1.54, 1.807) is 34.9 Å². The lowest BCUT2D eigenvalue weighted by Crippen LogP contribution is -2.49. The van der Waals surface area contributed by atoms with Gasteiger partial charge in [-0.2, -0.15) is 15.6 Å². The molecule has 12 heteroatoms. The van der Waals surface area contributed by atoms with Crippen LogP contribution in [0.15, 0.2) is 76.4 Å². The van der Waals surface area contributed by atoms with Gasteiger partial charge < -0.3 is 20.0 Å². The van der Waals surface area contributed by atoms with Crippen LogP contribution in [-0.2, 0) is 21.4 Å². The number of piperazine rings is 1. The summed E-state index contributed by atoms with van der Waals surface area (Å²) in [6, 6.07) is 14.6. The molecule has 2 aromatic carbocycles. The van der Waals surface area contributed by atoms with Crippen molar-refractivity contribution in [1.29, 1.82) is 0 Å². The Balaban J connectivity index is 1.39. The van der Waals surface area contributed by atoms with E-state index in [0.717, 1.165) is 17.2 Å². The van der Waals surface area contributed by atoms with E-state index in [4.69, 9.17) is 0 Å². The summed E-state index contributed by atoms with van der Waals surface area (Å²) < 4.78 is 27.9. The first-order chi connectivity index (χ1) is 20.0. The highest BCUT2D eigenvalue weighted by molar-refractivity contribution is 7.89. The molecule has 1 aliphatic heterocycles. The quantitative estimate of drug-likeness (QED) is 0.322. The molecule has 218 valence electrons. The van der Waals surface area contributed by atoms with Crippen molar-refractivity contribution >= 4 is 38.9 Å². The van der Waals surface area contributed by atoms with E-state index in [1.807, 2.05) is 29.0 Å². The highest BCUT2D eigenvalue weighted by Gasteiger charge is 2.30. The van der Waals surface area contributed by atoms with E-state index in [2.05, 4.69) is 4.98 Å². The normalized spacial score (nSPS) is 14.1. The van der Waals surface area contributed by atoms with Gasteiger partial charge in [-0.3, -0.25) is 14.6 Å². The molecule has 10 nitrogen and oxygen atoms in total. The third-order valence-corrected chi connectivity index (χ3v) is 9.80. The summed E-state index contributed by atoms with van der Waals surface area (Å²) in [7, 11) is -3.76. The number of phenolic OH excluding ortho intramolecular Hbond substituents is 2. The molecule has 0 bridgehead atoms. The molecule has 1 aliphatic rings. The van der Waals surface area contributed by atoms with Crippen LogP contribution in [0.4, 0.5) is 5.69 Å². The molecule has 2 aromatic heterocycles. The number of amides is 2. The van der Waals surface area contributed by atoms with Gasteiger partial charge in [-0.05, 0) is 65.2 Å². The van der Waals surface area contributed by atoms with Crippen LogP contribution < -0.4 is 4.90 Å². The molecule has 0 atom stereocenters. The Kier molecular flexibility index (Phi) is 8.30. The molecule has 1 fully saturated rings. The lowest BCUT2D eigenvalue weighted by molar-refractivity contribution is -0.129. The van der Waals surface area contributed by atoms with Crippen molar-refractivity contribution < 1.29 is 28.2 Å². The number of aryl methyl sites for hydroxylation is 1. The minimum atomic E-state index is -3.76. The van der Waals surface area contributed by atoms with Crippen LogP contribution in [0.1, 0.15) is 28.4 Å². The minimum Gasteiger partial charge on any atom is -0.508 e. The average Bonchev–Trinajstić information content (AvgIpc) is 3.49. The van der Waals surface area contributed by atoms with Crippen molar-refractivity contribution in [2.45, 2.75) is 25.3 Å². The van der Waals surface area contributed by atoms with Crippen molar-refractivity contribution in [3.63, 3.8) is 0 Å². The number of rotatable bonds is 7. The summed E-state index contributed by atoms with van der Waals surface area (Å²) in [5.74, 6) is -0.964. The Morgan fingerprint density at radius 3 is 2.31 bits per heavy atom. The Labute approximate surface area is 248 Å². The molecule has 42 heavy (non-hydrogen) atoms.